The molecule has 3 aliphatic rings. The summed E-state index contributed by atoms with van der Waals surface area (Å²) < 4.78 is 2.28. The van der Waals surface area contributed by atoms with Gasteiger partial charge in [-0.05, 0) is 51.4 Å². The predicted molar refractivity (Wildman–Crippen MR) is 89.3 cm³/mol. The first-order chi connectivity index (χ1) is 11.2. The number of fused-ring (bicyclic) bond motifs is 1. The zero-order chi connectivity index (χ0) is 15.8. The Hall–Kier alpha value is -1.52. The molecule has 0 unspecified atom stereocenters. The van der Waals surface area contributed by atoms with Crippen LogP contribution in [0.2, 0.25) is 0 Å². The van der Waals surface area contributed by atoms with Crippen LogP contribution in [0.4, 0.5) is 4.79 Å². The van der Waals surface area contributed by atoms with Gasteiger partial charge in [-0.3, -0.25) is 0 Å². The fourth-order valence-electron chi connectivity index (χ4n) is 3.82. The van der Waals surface area contributed by atoms with Crippen molar-refractivity contribution in [3.8, 4) is 0 Å². The zero-order valence-corrected chi connectivity index (χ0v) is 14.1. The molecule has 2 fully saturated rings. The number of nitrogens with one attached hydrogen (secondary N) is 1. The van der Waals surface area contributed by atoms with Crippen LogP contribution in [0.3, 0.4) is 0 Å². The van der Waals surface area contributed by atoms with Crippen molar-refractivity contribution in [2.24, 2.45) is 5.92 Å². The van der Waals surface area contributed by atoms with Crippen LogP contribution in [0.1, 0.15) is 57.0 Å². The first-order valence-corrected chi connectivity index (χ1v) is 9.33. The Morgan fingerprint density at radius 2 is 2.22 bits per heavy atom. The lowest BCUT2D eigenvalue weighted by Gasteiger charge is -2.29. The maximum Gasteiger partial charge on any atom is 0.317 e. The van der Waals surface area contributed by atoms with Crippen LogP contribution >= 0.6 is 0 Å². The van der Waals surface area contributed by atoms with E-state index >= 15 is 0 Å². The van der Waals surface area contributed by atoms with Gasteiger partial charge in [-0.1, -0.05) is 0 Å². The van der Waals surface area contributed by atoms with E-state index < -0.39 is 0 Å². The Morgan fingerprint density at radius 1 is 1.39 bits per heavy atom. The molecule has 0 aromatic carbocycles. The molecule has 4 rings (SSSR count). The molecule has 1 aromatic heterocycles. The van der Waals surface area contributed by atoms with Gasteiger partial charge in [0.2, 0.25) is 0 Å². The molecular weight excluding hydrogens is 288 g/mol. The topological polar surface area (TPSA) is 50.2 Å². The fraction of sp³-hybridized carbons (Fsp3) is 0.778. The number of carbonyl (C=O) groups excluding carboxylic acids is 1. The quantitative estimate of drug-likeness (QED) is 0.877. The second kappa shape index (κ2) is 6.17. The van der Waals surface area contributed by atoms with Crippen molar-refractivity contribution < 1.29 is 4.79 Å². The van der Waals surface area contributed by atoms with Gasteiger partial charge < -0.3 is 14.8 Å². The van der Waals surface area contributed by atoms with E-state index in [-0.39, 0.29) is 6.03 Å². The van der Waals surface area contributed by atoms with Crippen LogP contribution in [0.15, 0.2) is 6.20 Å². The summed E-state index contributed by atoms with van der Waals surface area (Å²) in [6.45, 7) is 4.01. The summed E-state index contributed by atoms with van der Waals surface area (Å²) in [5.41, 5.74) is 1.12. The van der Waals surface area contributed by atoms with Gasteiger partial charge >= 0.3 is 6.03 Å². The fourth-order valence-corrected chi connectivity index (χ4v) is 3.82. The van der Waals surface area contributed by atoms with E-state index in [1.165, 1.54) is 44.3 Å². The summed E-state index contributed by atoms with van der Waals surface area (Å²) in [6.07, 6.45) is 11.6. The normalized spacial score (nSPS) is 21.6. The number of amides is 2. The summed E-state index contributed by atoms with van der Waals surface area (Å²) in [7, 11) is 0. The standard InChI is InChI=1S/C18H28N4O/c1-13(14-5-6-14)22(16-7-8-16)18(23)19-10-9-15-12-21-11-3-2-4-17(21)20-15/h12-14,16H,2-11H2,1H3,(H,19,23)/t13-/m0/s1. The van der Waals surface area contributed by atoms with Gasteiger partial charge in [-0.15, -0.1) is 0 Å². The molecule has 0 radical (unpaired) electrons. The van der Waals surface area contributed by atoms with Gasteiger partial charge in [0.1, 0.15) is 5.82 Å². The molecule has 5 nitrogen and oxygen atoms in total. The molecule has 2 amide bonds. The third-order valence-corrected chi connectivity index (χ3v) is 5.53. The van der Waals surface area contributed by atoms with E-state index in [9.17, 15) is 4.79 Å². The molecule has 126 valence electrons. The summed E-state index contributed by atoms with van der Waals surface area (Å²) in [5.74, 6) is 1.96. The number of hydrogen-bond acceptors (Lipinski definition) is 2. The summed E-state index contributed by atoms with van der Waals surface area (Å²) in [5, 5.41) is 3.13. The van der Waals surface area contributed by atoms with Crippen LogP contribution in [-0.4, -0.2) is 39.1 Å². The second-order valence-corrected chi connectivity index (χ2v) is 7.50. The first-order valence-electron chi connectivity index (χ1n) is 9.33. The molecule has 1 aliphatic heterocycles. The van der Waals surface area contributed by atoms with Crippen molar-refractivity contribution in [3.05, 3.63) is 17.7 Å². The zero-order valence-electron chi connectivity index (χ0n) is 14.1. The number of urea groups is 1. The Bertz CT molecular complexity index is 550. The smallest absolute Gasteiger partial charge is 0.317 e. The summed E-state index contributed by atoms with van der Waals surface area (Å²) in [6, 6.07) is 1.03. The first kappa shape index (κ1) is 15.0. The summed E-state index contributed by atoms with van der Waals surface area (Å²) >= 11 is 0. The Labute approximate surface area is 138 Å². The molecule has 1 atom stereocenters. The highest BCUT2D eigenvalue weighted by atomic mass is 16.2. The molecule has 23 heavy (non-hydrogen) atoms. The number of aromatic nitrogens is 2. The van der Waals surface area contributed by atoms with Crippen LogP contribution in [0, 0.1) is 5.92 Å². The largest absolute Gasteiger partial charge is 0.338 e. The maximum atomic E-state index is 12.6. The minimum atomic E-state index is 0.135. The lowest BCUT2D eigenvalue weighted by Crippen LogP contribution is -2.47. The van der Waals surface area contributed by atoms with Gasteiger partial charge in [0.05, 0.1) is 5.69 Å². The van der Waals surface area contributed by atoms with E-state index in [0.29, 0.717) is 18.6 Å². The molecule has 0 spiro atoms. The average Bonchev–Trinajstić information content (AvgIpc) is 3.44. The number of nitrogens with zero attached hydrogens (tertiary/aromatic N) is 3. The molecule has 1 N–H and O–H groups in total. The highest BCUT2D eigenvalue weighted by molar-refractivity contribution is 5.75. The summed E-state index contributed by atoms with van der Waals surface area (Å²) in [4.78, 5) is 19.4. The van der Waals surface area contributed by atoms with Gasteiger partial charge in [0, 0.05) is 44.2 Å². The van der Waals surface area contributed by atoms with Crippen LogP contribution in [0.5, 0.6) is 0 Å². The monoisotopic (exact) mass is 316 g/mol. The number of hydrogen-bond donors (Lipinski definition) is 1. The molecule has 5 heteroatoms. The molecule has 1 aromatic rings. The molecule has 2 heterocycles. The third-order valence-electron chi connectivity index (χ3n) is 5.53. The van der Waals surface area contributed by atoms with E-state index in [1.54, 1.807) is 0 Å². The minimum Gasteiger partial charge on any atom is -0.338 e. The van der Waals surface area contributed by atoms with E-state index in [4.69, 9.17) is 4.98 Å². The number of aryl methyl sites for hydroxylation is 2. The minimum absolute atomic E-state index is 0.135. The van der Waals surface area contributed by atoms with Gasteiger partial charge in [0.15, 0.2) is 0 Å². The van der Waals surface area contributed by atoms with Crippen molar-refractivity contribution in [2.45, 2.75) is 76.9 Å². The van der Waals surface area contributed by atoms with E-state index in [1.807, 2.05) is 0 Å². The van der Waals surface area contributed by atoms with Gasteiger partial charge in [-0.2, -0.15) is 0 Å². The highest BCUT2D eigenvalue weighted by Gasteiger charge is 2.41. The average molecular weight is 316 g/mol. The van der Waals surface area contributed by atoms with Crippen molar-refractivity contribution >= 4 is 6.03 Å². The molecule has 2 aliphatic carbocycles. The lowest BCUT2D eigenvalue weighted by atomic mass is 10.2. The Kier molecular flexibility index (Phi) is 4.04. The van der Waals surface area contributed by atoms with Crippen LogP contribution in [0.25, 0.3) is 0 Å². The SMILES string of the molecule is C[C@@H](C1CC1)N(C(=O)NCCc1cn2c(n1)CCCC2)C1CC1. The number of carbonyl (C=O) groups is 1. The van der Waals surface area contributed by atoms with E-state index in [2.05, 4.69) is 27.9 Å². The number of rotatable bonds is 6. The van der Waals surface area contributed by atoms with Gasteiger partial charge in [-0.25, -0.2) is 9.78 Å². The van der Waals surface area contributed by atoms with E-state index in [0.717, 1.165) is 31.0 Å². The molecular formula is C18H28N4O. The van der Waals surface area contributed by atoms with Crippen LogP contribution in [-0.2, 0) is 19.4 Å². The molecule has 2 saturated carbocycles. The molecule has 0 bridgehead atoms. The second-order valence-electron chi connectivity index (χ2n) is 7.50. The number of imidazole rings is 1. The van der Waals surface area contributed by atoms with Crippen molar-refractivity contribution in [2.75, 3.05) is 6.54 Å². The van der Waals surface area contributed by atoms with Gasteiger partial charge in [0.25, 0.3) is 0 Å². The molecule has 0 saturated heterocycles. The van der Waals surface area contributed by atoms with Crippen molar-refractivity contribution in [3.63, 3.8) is 0 Å². The third kappa shape index (κ3) is 3.38. The Balaban J connectivity index is 1.29. The predicted octanol–water partition coefficient (Wildman–Crippen LogP) is 2.73. The van der Waals surface area contributed by atoms with Crippen molar-refractivity contribution in [1.29, 1.82) is 0 Å². The lowest BCUT2D eigenvalue weighted by molar-refractivity contribution is 0.167. The van der Waals surface area contributed by atoms with Crippen LogP contribution < -0.4 is 5.32 Å². The highest BCUT2D eigenvalue weighted by Crippen LogP contribution is 2.39. The maximum absolute atomic E-state index is 12.6. The Morgan fingerprint density at radius 3 is 2.91 bits per heavy atom. The van der Waals surface area contributed by atoms with Crippen molar-refractivity contribution in [1.82, 2.24) is 19.8 Å².